The average Bonchev–Trinajstić information content (AvgIpc) is 2.63. The van der Waals surface area contributed by atoms with Crippen molar-refractivity contribution in [1.82, 2.24) is 15.3 Å². The number of nitrogens with zero attached hydrogens (tertiary/aromatic N) is 3. The van der Waals surface area contributed by atoms with Gasteiger partial charge in [-0.15, -0.1) is 0 Å². The Bertz CT molecular complexity index is 731. The summed E-state index contributed by atoms with van der Waals surface area (Å²) in [6.45, 7) is 5.68. The van der Waals surface area contributed by atoms with Crippen LogP contribution in [0, 0.1) is 6.92 Å². The molecule has 3 rings (SSSR count). The fourth-order valence-corrected chi connectivity index (χ4v) is 2.30. The van der Waals surface area contributed by atoms with Crippen molar-refractivity contribution in [2.75, 3.05) is 31.1 Å². The number of anilines is 1. The zero-order valence-electron chi connectivity index (χ0n) is 13.8. The van der Waals surface area contributed by atoms with Gasteiger partial charge < -0.3 is 20.4 Å². The van der Waals surface area contributed by atoms with Gasteiger partial charge in [0.15, 0.2) is 0 Å². The number of carboxylic acids is 2. The van der Waals surface area contributed by atoms with Gasteiger partial charge in [-0.2, -0.15) is 0 Å². The van der Waals surface area contributed by atoms with Crippen LogP contribution in [0.2, 0.25) is 0 Å². The Kier molecular flexibility index (Phi) is 6.41. The molecular formula is C17H20N4O4. The van der Waals surface area contributed by atoms with Gasteiger partial charge in [-0.3, -0.25) is 0 Å². The molecule has 8 nitrogen and oxygen atoms in total. The number of nitrogens with one attached hydrogen (secondary N) is 1. The first-order valence-electron chi connectivity index (χ1n) is 7.79. The third-order valence-corrected chi connectivity index (χ3v) is 3.67. The topological polar surface area (TPSA) is 116 Å². The van der Waals surface area contributed by atoms with Crippen LogP contribution in [0.25, 0.3) is 0 Å². The predicted molar refractivity (Wildman–Crippen MR) is 92.2 cm³/mol. The fraction of sp³-hybridized carbons (Fsp3) is 0.294. The smallest absolute Gasteiger partial charge is 0.335 e. The van der Waals surface area contributed by atoms with Gasteiger partial charge >= 0.3 is 11.9 Å². The molecule has 0 radical (unpaired) electrons. The number of benzene rings is 1. The zero-order valence-corrected chi connectivity index (χ0v) is 13.8. The van der Waals surface area contributed by atoms with E-state index in [2.05, 4.69) is 20.2 Å². The Labute approximate surface area is 145 Å². The molecule has 0 unspecified atom stereocenters. The lowest BCUT2D eigenvalue weighted by molar-refractivity contribution is 0.0695. The minimum atomic E-state index is -1.12. The van der Waals surface area contributed by atoms with Crippen LogP contribution >= 0.6 is 0 Å². The minimum Gasteiger partial charge on any atom is -0.478 e. The number of aryl methyl sites for hydroxylation is 1. The van der Waals surface area contributed by atoms with Gasteiger partial charge in [-0.25, -0.2) is 19.6 Å². The first-order chi connectivity index (χ1) is 12.0. The third kappa shape index (κ3) is 5.25. The van der Waals surface area contributed by atoms with E-state index in [0.717, 1.165) is 38.2 Å². The molecule has 1 fully saturated rings. The SMILES string of the molecule is Cc1ccc(C(=O)O)cc1C(=O)O.c1cnc(N2CCNCC2)nc1. The standard InChI is InChI=1S/C9H8O4.C8H12N4/c1-5-2-3-6(8(10)11)4-7(5)9(12)13;1-2-10-8(11-3-1)12-6-4-9-5-7-12/h2-4H,1H3,(H,10,11)(H,12,13);1-3,9H,4-7H2. The molecule has 0 bridgehead atoms. The van der Waals surface area contributed by atoms with Crippen molar-refractivity contribution in [3.05, 3.63) is 53.3 Å². The van der Waals surface area contributed by atoms with Gasteiger partial charge in [0.2, 0.25) is 5.95 Å². The molecule has 25 heavy (non-hydrogen) atoms. The first kappa shape index (κ1) is 18.3. The summed E-state index contributed by atoms with van der Waals surface area (Å²) in [6, 6.07) is 5.85. The second kappa shape index (κ2) is 8.74. The van der Waals surface area contributed by atoms with Crippen molar-refractivity contribution in [2.45, 2.75) is 6.92 Å². The highest BCUT2D eigenvalue weighted by Crippen LogP contribution is 2.11. The van der Waals surface area contributed by atoms with Gasteiger partial charge in [0.25, 0.3) is 0 Å². The van der Waals surface area contributed by atoms with Gasteiger partial charge in [0.1, 0.15) is 0 Å². The number of hydrogen-bond acceptors (Lipinski definition) is 6. The molecule has 1 aromatic heterocycles. The molecule has 1 aliphatic heterocycles. The molecular weight excluding hydrogens is 324 g/mol. The monoisotopic (exact) mass is 344 g/mol. The number of carbonyl (C=O) groups is 2. The van der Waals surface area contributed by atoms with Crippen LogP contribution in [-0.4, -0.2) is 58.3 Å². The van der Waals surface area contributed by atoms with E-state index in [4.69, 9.17) is 10.2 Å². The zero-order chi connectivity index (χ0) is 18.2. The lowest BCUT2D eigenvalue weighted by Crippen LogP contribution is -2.44. The van der Waals surface area contributed by atoms with Crippen LogP contribution in [0.3, 0.4) is 0 Å². The average molecular weight is 344 g/mol. The molecule has 0 amide bonds. The molecule has 0 atom stereocenters. The van der Waals surface area contributed by atoms with E-state index in [1.807, 2.05) is 6.07 Å². The third-order valence-electron chi connectivity index (χ3n) is 3.67. The van der Waals surface area contributed by atoms with E-state index in [1.54, 1.807) is 19.3 Å². The van der Waals surface area contributed by atoms with Crippen LogP contribution in [-0.2, 0) is 0 Å². The molecule has 1 aromatic carbocycles. The Morgan fingerprint density at radius 2 is 1.72 bits per heavy atom. The second-order valence-corrected chi connectivity index (χ2v) is 5.43. The Morgan fingerprint density at radius 3 is 2.28 bits per heavy atom. The number of carboxylic acid groups (broad SMARTS) is 2. The Morgan fingerprint density at radius 1 is 1.08 bits per heavy atom. The highest BCUT2D eigenvalue weighted by atomic mass is 16.4. The summed E-state index contributed by atoms with van der Waals surface area (Å²) >= 11 is 0. The highest BCUT2D eigenvalue weighted by molar-refractivity contribution is 5.94. The van der Waals surface area contributed by atoms with Crippen LogP contribution in [0.4, 0.5) is 5.95 Å². The van der Waals surface area contributed by atoms with Gasteiger partial charge in [0, 0.05) is 38.6 Å². The largest absolute Gasteiger partial charge is 0.478 e. The van der Waals surface area contributed by atoms with E-state index in [-0.39, 0.29) is 11.1 Å². The maximum absolute atomic E-state index is 10.6. The first-order valence-corrected chi connectivity index (χ1v) is 7.79. The summed E-state index contributed by atoms with van der Waals surface area (Å²) in [5.41, 5.74) is 0.570. The van der Waals surface area contributed by atoms with E-state index in [9.17, 15) is 9.59 Å². The summed E-state index contributed by atoms with van der Waals surface area (Å²) in [5.74, 6) is -1.39. The number of rotatable bonds is 3. The molecule has 2 aromatic rings. The summed E-state index contributed by atoms with van der Waals surface area (Å²) in [7, 11) is 0. The molecule has 3 N–H and O–H groups in total. The summed E-state index contributed by atoms with van der Waals surface area (Å²) in [5, 5.41) is 20.6. The molecule has 0 spiro atoms. The fourth-order valence-electron chi connectivity index (χ4n) is 2.30. The van der Waals surface area contributed by atoms with E-state index >= 15 is 0 Å². The van der Waals surface area contributed by atoms with Crippen molar-refractivity contribution < 1.29 is 19.8 Å². The normalized spacial score (nSPS) is 13.6. The van der Waals surface area contributed by atoms with Crippen molar-refractivity contribution in [3.63, 3.8) is 0 Å². The Balaban J connectivity index is 0.000000181. The summed E-state index contributed by atoms with van der Waals surface area (Å²) < 4.78 is 0. The lowest BCUT2D eigenvalue weighted by Gasteiger charge is -2.26. The van der Waals surface area contributed by atoms with Crippen LogP contribution in [0.15, 0.2) is 36.7 Å². The van der Waals surface area contributed by atoms with Gasteiger partial charge in [-0.05, 0) is 30.7 Å². The van der Waals surface area contributed by atoms with Crippen molar-refractivity contribution in [2.24, 2.45) is 0 Å². The molecule has 0 aliphatic carbocycles. The number of hydrogen-bond donors (Lipinski definition) is 3. The van der Waals surface area contributed by atoms with Crippen LogP contribution in [0.1, 0.15) is 26.3 Å². The van der Waals surface area contributed by atoms with Crippen LogP contribution < -0.4 is 10.2 Å². The second-order valence-electron chi connectivity index (χ2n) is 5.43. The molecule has 0 saturated carbocycles. The van der Waals surface area contributed by atoms with E-state index in [0.29, 0.717) is 5.56 Å². The van der Waals surface area contributed by atoms with Gasteiger partial charge in [-0.1, -0.05) is 6.07 Å². The van der Waals surface area contributed by atoms with Gasteiger partial charge in [0.05, 0.1) is 11.1 Å². The quantitative estimate of drug-likeness (QED) is 0.762. The maximum Gasteiger partial charge on any atom is 0.335 e. The lowest BCUT2D eigenvalue weighted by atomic mass is 10.1. The van der Waals surface area contributed by atoms with E-state index in [1.165, 1.54) is 12.1 Å². The van der Waals surface area contributed by atoms with Crippen molar-refractivity contribution in [3.8, 4) is 0 Å². The minimum absolute atomic E-state index is 0.0111. The highest BCUT2D eigenvalue weighted by Gasteiger charge is 2.11. The molecule has 132 valence electrons. The Hall–Kier alpha value is -3.00. The van der Waals surface area contributed by atoms with Crippen molar-refractivity contribution >= 4 is 17.9 Å². The number of piperazine rings is 1. The number of aromatic nitrogens is 2. The van der Waals surface area contributed by atoms with E-state index < -0.39 is 11.9 Å². The van der Waals surface area contributed by atoms with Crippen LogP contribution in [0.5, 0.6) is 0 Å². The maximum atomic E-state index is 10.6. The molecule has 8 heteroatoms. The molecule has 1 saturated heterocycles. The number of aromatic carboxylic acids is 2. The summed E-state index contributed by atoms with van der Waals surface area (Å²) in [6.07, 6.45) is 3.56. The molecule has 1 aliphatic rings. The van der Waals surface area contributed by atoms with Crippen molar-refractivity contribution in [1.29, 1.82) is 0 Å². The predicted octanol–water partition coefficient (Wildman–Crippen LogP) is 1.28. The summed E-state index contributed by atoms with van der Waals surface area (Å²) in [4.78, 5) is 31.7. The molecule has 2 heterocycles.